The van der Waals surface area contributed by atoms with E-state index in [2.05, 4.69) is 5.10 Å². The van der Waals surface area contributed by atoms with Gasteiger partial charge in [-0.3, -0.25) is 5.10 Å². The molecule has 0 saturated heterocycles. The first-order valence-electron chi connectivity index (χ1n) is 8.76. The highest BCUT2D eigenvalue weighted by Crippen LogP contribution is 2.65. The normalized spacial score (nSPS) is 15.3. The van der Waals surface area contributed by atoms with Crippen LogP contribution in [0.2, 0.25) is 5.02 Å². The number of hydrogen-bond donors (Lipinski definition) is 1. The molecule has 20 heteroatoms. The van der Waals surface area contributed by atoms with Crippen molar-refractivity contribution in [2.24, 2.45) is 0 Å². The summed E-state index contributed by atoms with van der Waals surface area (Å²) in [6.07, 6.45) is -7.81. The second kappa shape index (κ2) is 8.52. The van der Waals surface area contributed by atoms with Gasteiger partial charge in [0.25, 0.3) is 0 Å². The van der Waals surface area contributed by atoms with Crippen LogP contribution in [0.4, 0.5) is 74.6 Å². The second-order valence-corrected chi connectivity index (χ2v) is 7.52. The van der Waals surface area contributed by atoms with E-state index >= 15 is 0 Å². The molecule has 0 radical (unpaired) electrons. The molecule has 0 bridgehead atoms. The topological polar surface area (TPSA) is 28.7 Å². The van der Waals surface area contributed by atoms with E-state index in [9.17, 15) is 74.6 Å². The van der Waals surface area contributed by atoms with Crippen LogP contribution in [0.5, 0.6) is 0 Å². The zero-order valence-corrected chi connectivity index (χ0v) is 17.4. The van der Waals surface area contributed by atoms with Crippen LogP contribution < -0.4 is 0 Å². The van der Waals surface area contributed by atoms with Gasteiger partial charge in [0.2, 0.25) is 0 Å². The summed E-state index contributed by atoms with van der Waals surface area (Å²) in [5.41, 5.74) is -3.85. The van der Waals surface area contributed by atoms with Crippen molar-refractivity contribution in [3.05, 3.63) is 41.0 Å². The molecule has 2 rings (SSSR count). The molecule has 0 fully saturated rings. The van der Waals surface area contributed by atoms with E-state index in [0.29, 0.717) is 0 Å². The number of aromatic nitrogens is 2. The maximum Gasteiger partial charge on any atom is 0.460 e. The number of H-pyrrole nitrogens is 1. The summed E-state index contributed by atoms with van der Waals surface area (Å²) in [5, 5.41) is 2.24. The van der Waals surface area contributed by atoms with E-state index in [4.69, 9.17) is 11.6 Å². The fourth-order valence-corrected chi connectivity index (χ4v) is 2.96. The first kappa shape index (κ1) is 30.8. The van der Waals surface area contributed by atoms with E-state index in [-0.39, 0.29) is 5.56 Å². The Morgan fingerprint density at radius 1 is 0.541 bits per heavy atom. The summed E-state index contributed by atoms with van der Waals surface area (Å²) in [6.45, 7) is 0. The van der Waals surface area contributed by atoms with Crippen molar-refractivity contribution in [2.75, 3.05) is 0 Å². The summed E-state index contributed by atoms with van der Waals surface area (Å²) >= 11 is 5.35. The quantitative estimate of drug-likeness (QED) is 0.306. The molecule has 0 saturated carbocycles. The number of nitrogens with zero attached hydrogens (tertiary/aromatic N) is 1. The average Bonchev–Trinajstić information content (AvgIpc) is 3.14. The Bertz CT molecular complexity index is 1120. The van der Waals surface area contributed by atoms with Crippen molar-refractivity contribution >= 4 is 11.6 Å². The van der Waals surface area contributed by atoms with Gasteiger partial charge in [0.1, 0.15) is 11.4 Å². The minimum Gasteiger partial charge on any atom is -0.274 e. The van der Waals surface area contributed by atoms with Gasteiger partial charge in [0.15, 0.2) is 0 Å². The third-order valence-corrected chi connectivity index (χ3v) is 5.16. The lowest BCUT2D eigenvalue weighted by molar-refractivity contribution is -0.462. The molecule has 0 amide bonds. The summed E-state index contributed by atoms with van der Waals surface area (Å²) in [7, 11) is 0. The van der Waals surface area contributed by atoms with Gasteiger partial charge in [0.05, 0.1) is 5.02 Å². The molecule has 0 atom stereocenters. The van der Waals surface area contributed by atoms with E-state index < -0.39 is 64.0 Å². The molecule has 0 aliphatic rings. The predicted molar refractivity (Wildman–Crippen MR) is 88.7 cm³/mol. The molecule has 1 N–H and O–H groups in total. The van der Waals surface area contributed by atoms with Crippen LogP contribution >= 0.6 is 11.6 Å². The fraction of sp³-hybridized carbons (Fsp3) is 0.471. The van der Waals surface area contributed by atoms with Gasteiger partial charge < -0.3 is 0 Å². The molecule has 1 aromatic carbocycles. The number of alkyl halides is 17. The maximum absolute atomic E-state index is 14.4. The number of aromatic amines is 1. The minimum atomic E-state index is -8.70. The van der Waals surface area contributed by atoms with Crippen molar-refractivity contribution < 1.29 is 74.6 Å². The van der Waals surface area contributed by atoms with Gasteiger partial charge in [-0.15, -0.1) is 0 Å². The Morgan fingerprint density at radius 2 is 0.919 bits per heavy atom. The van der Waals surface area contributed by atoms with Crippen molar-refractivity contribution in [2.45, 2.75) is 47.6 Å². The molecule has 1 aromatic heterocycles. The number of rotatable bonds is 8. The molecule has 2 nitrogen and oxygen atoms in total. The van der Waals surface area contributed by atoms with E-state index in [1.165, 1.54) is 18.2 Å². The van der Waals surface area contributed by atoms with Gasteiger partial charge in [-0.05, 0) is 0 Å². The van der Waals surface area contributed by atoms with Crippen LogP contribution in [0.1, 0.15) is 5.69 Å². The van der Waals surface area contributed by atoms with Gasteiger partial charge in [-0.1, -0.05) is 41.9 Å². The van der Waals surface area contributed by atoms with E-state index in [0.717, 1.165) is 17.2 Å². The van der Waals surface area contributed by atoms with Crippen molar-refractivity contribution in [3.63, 3.8) is 0 Å². The van der Waals surface area contributed by atoms with E-state index in [1.54, 1.807) is 0 Å². The van der Waals surface area contributed by atoms with Crippen LogP contribution in [0.3, 0.4) is 0 Å². The predicted octanol–water partition coefficient (Wildman–Crippen LogP) is 8.20. The van der Waals surface area contributed by atoms with Crippen molar-refractivity contribution in [1.29, 1.82) is 0 Å². The number of hydrogen-bond acceptors (Lipinski definition) is 1. The molecule has 210 valence electrons. The van der Waals surface area contributed by atoms with E-state index in [1.807, 2.05) is 0 Å². The zero-order chi connectivity index (χ0) is 29.3. The van der Waals surface area contributed by atoms with Crippen LogP contribution in [-0.2, 0) is 5.92 Å². The van der Waals surface area contributed by atoms with Crippen LogP contribution in [0.25, 0.3) is 11.3 Å². The first-order chi connectivity index (χ1) is 16.2. The largest absolute Gasteiger partial charge is 0.460 e. The highest BCUT2D eigenvalue weighted by molar-refractivity contribution is 6.33. The standard InChI is InChI=1S/C17H6ClF17N2/c18-7-8(6-4-2-1-3-5-6)36-37-9(7)10(19,20)11(21,22)12(23,24)13(25,26)14(27,28)15(29,30)16(31,32)17(33,34)35/h1-5H,(H,36,37). The molecule has 1 heterocycles. The Hall–Kier alpha value is -2.47. The lowest BCUT2D eigenvalue weighted by Crippen LogP contribution is -2.74. The average molecular weight is 597 g/mol. The van der Waals surface area contributed by atoms with Crippen molar-refractivity contribution in [3.8, 4) is 11.3 Å². The molecular weight excluding hydrogens is 591 g/mol. The number of benzene rings is 1. The zero-order valence-electron chi connectivity index (χ0n) is 16.6. The van der Waals surface area contributed by atoms with Gasteiger partial charge in [-0.2, -0.15) is 79.7 Å². The summed E-state index contributed by atoms with van der Waals surface area (Å²) in [4.78, 5) is 0. The lowest BCUT2D eigenvalue weighted by atomic mass is 9.88. The van der Waals surface area contributed by atoms with Gasteiger partial charge in [-0.25, -0.2) is 0 Å². The molecule has 0 aliphatic heterocycles. The Morgan fingerprint density at radius 3 is 1.32 bits per heavy atom. The minimum absolute atomic E-state index is 0.285. The third kappa shape index (κ3) is 3.98. The Labute approximate surface area is 197 Å². The molecule has 2 aromatic rings. The van der Waals surface area contributed by atoms with Crippen molar-refractivity contribution in [1.82, 2.24) is 10.2 Å². The maximum atomic E-state index is 14.4. The molecule has 0 spiro atoms. The lowest BCUT2D eigenvalue weighted by Gasteiger charge is -2.42. The number of halogens is 18. The van der Waals surface area contributed by atoms with Crippen LogP contribution in [0.15, 0.2) is 30.3 Å². The molecular formula is C17H6ClF17N2. The summed E-state index contributed by atoms with van der Waals surface area (Å²) in [6, 6.07) is 5.72. The van der Waals surface area contributed by atoms with Crippen LogP contribution in [0, 0.1) is 0 Å². The Kier molecular flexibility index (Phi) is 7.08. The monoisotopic (exact) mass is 596 g/mol. The highest BCUT2D eigenvalue weighted by atomic mass is 35.5. The molecule has 37 heavy (non-hydrogen) atoms. The second-order valence-electron chi connectivity index (χ2n) is 7.15. The van der Waals surface area contributed by atoms with Gasteiger partial charge in [0, 0.05) is 5.56 Å². The van der Waals surface area contributed by atoms with Gasteiger partial charge >= 0.3 is 47.6 Å². The summed E-state index contributed by atoms with van der Waals surface area (Å²) in [5.74, 6) is -57.3. The smallest absolute Gasteiger partial charge is 0.274 e. The fourth-order valence-electron chi connectivity index (χ4n) is 2.64. The third-order valence-electron chi connectivity index (χ3n) is 4.79. The molecule has 0 aliphatic carbocycles. The summed E-state index contributed by atoms with van der Waals surface area (Å²) < 4.78 is 228. The number of nitrogens with one attached hydrogen (secondary N) is 1. The van der Waals surface area contributed by atoms with Crippen LogP contribution in [-0.4, -0.2) is 51.9 Å². The SMILES string of the molecule is FC(F)(F)C(F)(F)C(F)(F)C(F)(F)C(F)(F)C(F)(F)C(F)(F)C(F)(F)c1[nH]nc(-c2ccccc2)c1Cl. The Balaban J connectivity index is 2.67. The highest BCUT2D eigenvalue weighted by Gasteiger charge is 2.95. The first-order valence-corrected chi connectivity index (χ1v) is 9.14. The molecule has 0 unspecified atom stereocenters.